The number of phenolic OH excluding ortho intramolecular Hbond substituents is 2. The van der Waals surface area contributed by atoms with Crippen LogP contribution in [-0.2, 0) is 4.79 Å². The Hall–Kier alpha value is -2.93. The molecule has 0 aliphatic carbocycles. The molecule has 1 aliphatic heterocycles. The normalized spacial score (nSPS) is 17.3. The summed E-state index contributed by atoms with van der Waals surface area (Å²) in [6.45, 7) is 0. The topological polar surface area (TPSA) is 91.2 Å². The van der Waals surface area contributed by atoms with Gasteiger partial charge in [0.15, 0.2) is 5.17 Å². The summed E-state index contributed by atoms with van der Waals surface area (Å²) in [6, 6.07) is 11.4. The molecule has 2 aromatic carbocycles. The Balaban J connectivity index is 1.88. The average molecular weight is 342 g/mol. The van der Waals surface area contributed by atoms with Gasteiger partial charge in [0, 0.05) is 11.6 Å². The van der Waals surface area contributed by atoms with Crippen LogP contribution in [0.1, 0.15) is 5.56 Å². The number of phenols is 2. The predicted molar refractivity (Wildman–Crippen MR) is 93.6 cm³/mol. The van der Waals surface area contributed by atoms with Crippen molar-refractivity contribution in [2.45, 2.75) is 0 Å². The SMILES string of the molecule is COc1ccccc1N=C1NC(=O)/C(=C/c2ccc(O)cc2O)S1. The highest BCUT2D eigenvalue weighted by molar-refractivity contribution is 8.18. The summed E-state index contributed by atoms with van der Waals surface area (Å²) in [7, 11) is 1.55. The van der Waals surface area contributed by atoms with Gasteiger partial charge in [-0.25, -0.2) is 4.99 Å². The standard InChI is InChI=1S/C17H14N2O4S/c1-23-14-5-3-2-4-12(14)18-17-19-16(22)15(24-17)8-10-6-7-11(20)9-13(10)21/h2-9,20-21H,1H3,(H,18,19,22)/b15-8-. The third-order valence-electron chi connectivity index (χ3n) is 3.26. The Kier molecular flexibility index (Phi) is 4.43. The third kappa shape index (κ3) is 3.36. The fourth-order valence-corrected chi connectivity index (χ4v) is 2.93. The lowest BCUT2D eigenvalue weighted by atomic mass is 10.2. The van der Waals surface area contributed by atoms with Gasteiger partial charge in [0.2, 0.25) is 0 Å². The Morgan fingerprint density at radius 1 is 1.21 bits per heavy atom. The second-order valence-electron chi connectivity index (χ2n) is 4.90. The summed E-state index contributed by atoms with van der Waals surface area (Å²) in [5.41, 5.74) is 1.04. The Labute approximate surface area is 142 Å². The second-order valence-corrected chi connectivity index (χ2v) is 5.93. The fourth-order valence-electron chi connectivity index (χ4n) is 2.11. The summed E-state index contributed by atoms with van der Waals surface area (Å²) >= 11 is 1.16. The van der Waals surface area contributed by atoms with Gasteiger partial charge in [0.05, 0.1) is 12.0 Å². The van der Waals surface area contributed by atoms with Crippen LogP contribution in [0.5, 0.6) is 17.2 Å². The number of benzene rings is 2. The van der Waals surface area contributed by atoms with Crippen molar-refractivity contribution in [1.82, 2.24) is 5.32 Å². The van der Waals surface area contributed by atoms with Crippen LogP contribution < -0.4 is 10.1 Å². The molecule has 0 aromatic heterocycles. The van der Waals surface area contributed by atoms with Crippen molar-refractivity contribution in [2.24, 2.45) is 4.99 Å². The molecule has 0 atom stereocenters. The molecule has 122 valence electrons. The van der Waals surface area contributed by atoms with E-state index in [9.17, 15) is 15.0 Å². The highest BCUT2D eigenvalue weighted by atomic mass is 32.2. The summed E-state index contributed by atoms with van der Waals surface area (Å²) in [4.78, 5) is 16.8. The van der Waals surface area contributed by atoms with E-state index < -0.39 is 0 Å². The number of nitrogens with one attached hydrogen (secondary N) is 1. The molecule has 1 amide bonds. The van der Waals surface area contributed by atoms with Gasteiger partial charge in [-0.15, -0.1) is 0 Å². The van der Waals surface area contributed by atoms with E-state index in [1.165, 1.54) is 18.2 Å². The number of amidine groups is 1. The fraction of sp³-hybridized carbons (Fsp3) is 0.0588. The van der Waals surface area contributed by atoms with Gasteiger partial charge in [0.25, 0.3) is 5.91 Å². The molecule has 0 bridgehead atoms. The Bertz CT molecular complexity index is 861. The monoisotopic (exact) mass is 342 g/mol. The quantitative estimate of drug-likeness (QED) is 0.746. The lowest BCUT2D eigenvalue weighted by Gasteiger charge is -2.03. The number of carbonyl (C=O) groups is 1. The van der Waals surface area contributed by atoms with E-state index in [4.69, 9.17) is 4.74 Å². The van der Waals surface area contributed by atoms with Crippen LogP contribution in [0.25, 0.3) is 6.08 Å². The van der Waals surface area contributed by atoms with Crippen molar-refractivity contribution >= 4 is 34.6 Å². The van der Waals surface area contributed by atoms with Crippen molar-refractivity contribution in [3.05, 3.63) is 52.9 Å². The van der Waals surface area contributed by atoms with E-state index in [0.717, 1.165) is 11.8 Å². The van der Waals surface area contributed by atoms with Gasteiger partial charge >= 0.3 is 0 Å². The van der Waals surface area contributed by atoms with E-state index in [2.05, 4.69) is 10.3 Å². The molecule has 1 heterocycles. The maximum absolute atomic E-state index is 12.1. The predicted octanol–water partition coefficient (Wildman–Crippen LogP) is 3.00. The zero-order chi connectivity index (χ0) is 17.1. The maximum Gasteiger partial charge on any atom is 0.264 e. The van der Waals surface area contributed by atoms with Gasteiger partial charge in [-0.2, -0.15) is 0 Å². The van der Waals surface area contributed by atoms with Crippen LogP contribution in [-0.4, -0.2) is 28.4 Å². The molecule has 1 aliphatic rings. The zero-order valence-corrected chi connectivity index (χ0v) is 13.5. The molecule has 24 heavy (non-hydrogen) atoms. The molecule has 7 heteroatoms. The number of methoxy groups -OCH3 is 1. The lowest BCUT2D eigenvalue weighted by Crippen LogP contribution is -2.19. The van der Waals surface area contributed by atoms with Crippen LogP contribution in [0, 0.1) is 0 Å². The van der Waals surface area contributed by atoms with Crippen molar-refractivity contribution in [2.75, 3.05) is 7.11 Å². The Morgan fingerprint density at radius 2 is 2.00 bits per heavy atom. The van der Waals surface area contributed by atoms with E-state index in [-0.39, 0.29) is 17.4 Å². The molecule has 0 spiro atoms. The summed E-state index contributed by atoms with van der Waals surface area (Å²) in [6.07, 6.45) is 1.54. The minimum atomic E-state index is -0.305. The molecular formula is C17H14N2O4S. The molecule has 0 unspecified atom stereocenters. The first-order valence-electron chi connectivity index (χ1n) is 7.01. The summed E-state index contributed by atoms with van der Waals surface area (Å²) < 4.78 is 5.23. The van der Waals surface area contributed by atoms with Crippen molar-refractivity contribution < 1.29 is 19.7 Å². The number of amides is 1. The second kappa shape index (κ2) is 6.67. The highest BCUT2D eigenvalue weighted by Crippen LogP contribution is 2.33. The molecule has 3 N–H and O–H groups in total. The molecule has 1 fully saturated rings. The number of nitrogens with zero attached hydrogens (tertiary/aromatic N) is 1. The number of thioether (sulfide) groups is 1. The zero-order valence-electron chi connectivity index (χ0n) is 12.7. The van der Waals surface area contributed by atoms with Crippen LogP contribution >= 0.6 is 11.8 Å². The van der Waals surface area contributed by atoms with Gasteiger partial charge in [0.1, 0.15) is 22.9 Å². The summed E-state index contributed by atoms with van der Waals surface area (Å²) in [5, 5.41) is 22.2. The molecule has 1 saturated heterocycles. The van der Waals surface area contributed by atoms with Crippen LogP contribution in [0.3, 0.4) is 0 Å². The molecule has 0 radical (unpaired) electrons. The lowest BCUT2D eigenvalue weighted by molar-refractivity contribution is -0.115. The largest absolute Gasteiger partial charge is 0.508 e. The minimum absolute atomic E-state index is 0.0448. The van der Waals surface area contributed by atoms with Crippen molar-refractivity contribution in [1.29, 1.82) is 0 Å². The third-order valence-corrected chi connectivity index (χ3v) is 4.17. The van der Waals surface area contributed by atoms with E-state index in [1.807, 2.05) is 12.1 Å². The first-order valence-corrected chi connectivity index (χ1v) is 7.83. The Morgan fingerprint density at radius 3 is 2.75 bits per heavy atom. The van der Waals surface area contributed by atoms with E-state index in [0.29, 0.717) is 27.1 Å². The van der Waals surface area contributed by atoms with Gasteiger partial charge in [-0.3, -0.25) is 4.79 Å². The first kappa shape index (κ1) is 15.9. The van der Waals surface area contributed by atoms with Gasteiger partial charge < -0.3 is 20.3 Å². The highest BCUT2D eigenvalue weighted by Gasteiger charge is 2.24. The number of aliphatic imine (C=N–C) groups is 1. The smallest absolute Gasteiger partial charge is 0.264 e. The van der Waals surface area contributed by atoms with E-state index >= 15 is 0 Å². The number of ether oxygens (including phenoxy) is 1. The number of aromatic hydroxyl groups is 2. The number of para-hydroxylation sites is 2. The van der Waals surface area contributed by atoms with Crippen molar-refractivity contribution in [3.63, 3.8) is 0 Å². The minimum Gasteiger partial charge on any atom is -0.508 e. The molecule has 3 rings (SSSR count). The van der Waals surface area contributed by atoms with E-state index in [1.54, 1.807) is 25.3 Å². The van der Waals surface area contributed by atoms with Gasteiger partial charge in [-0.05, 0) is 42.1 Å². The number of hydrogen-bond donors (Lipinski definition) is 3. The van der Waals surface area contributed by atoms with Crippen LogP contribution in [0.4, 0.5) is 5.69 Å². The molecule has 6 nitrogen and oxygen atoms in total. The first-order chi connectivity index (χ1) is 11.6. The van der Waals surface area contributed by atoms with Gasteiger partial charge in [-0.1, -0.05) is 12.1 Å². The molecule has 2 aromatic rings. The molecule has 0 saturated carbocycles. The summed E-state index contributed by atoms with van der Waals surface area (Å²) in [5.74, 6) is 0.150. The van der Waals surface area contributed by atoms with Crippen LogP contribution in [0.15, 0.2) is 52.4 Å². The van der Waals surface area contributed by atoms with Crippen LogP contribution in [0.2, 0.25) is 0 Å². The number of hydrogen-bond acceptors (Lipinski definition) is 6. The number of carbonyl (C=O) groups excluding carboxylic acids is 1. The van der Waals surface area contributed by atoms with Crippen molar-refractivity contribution in [3.8, 4) is 17.2 Å². The number of rotatable bonds is 3. The average Bonchev–Trinajstić information content (AvgIpc) is 2.90. The maximum atomic E-state index is 12.1. The molecular weight excluding hydrogens is 328 g/mol.